The van der Waals surface area contributed by atoms with E-state index in [-0.39, 0.29) is 5.75 Å². The highest BCUT2D eigenvalue weighted by Gasteiger charge is 1.97. The molecule has 2 rings (SSSR count). The first kappa shape index (κ1) is 10.4. The van der Waals surface area contributed by atoms with Gasteiger partial charge in [-0.05, 0) is 48.5 Å². The molecule has 0 unspecified atom stereocenters. The van der Waals surface area contributed by atoms with E-state index in [4.69, 9.17) is 9.84 Å². The zero-order valence-electron chi connectivity index (χ0n) is 8.97. The van der Waals surface area contributed by atoms with Crippen LogP contribution in [0.3, 0.4) is 0 Å². The molecule has 3 heteroatoms. The number of phenolic OH excluding ortho intramolecular Hbond substituents is 1. The summed E-state index contributed by atoms with van der Waals surface area (Å²) in [5.41, 5.74) is 1.04. The second kappa shape index (κ2) is 4.57. The molecular weight excluding hydrogens is 202 g/mol. The fraction of sp³-hybridized carbons (Fsp3) is 0.0769. The van der Waals surface area contributed by atoms with Gasteiger partial charge in [0, 0.05) is 12.7 Å². The first-order chi connectivity index (χ1) is 7.78. The SMILES string of the molecule is CNc1ccc(Oc2ccc(O)cc2)cc1. The van der Waals surface area contributed by atoms with Crippen molar-refractivity contribution in [2.75, 3.05) is 12.4 Å². The van der Waals surface area contributed by atoms with Gasteiger partial charge in [0.05, 0.1) is 0 Å². The molecule has 2 aromatic rings. The molecule has 0 fully saturated rings. The summed E-state index contributed by atoms with van der Waals surface area (Å²) in [6.07, 6.45) is 0. The Hall–Kier alpha value is -2.16. The Morgan fingerprint density at radius 2 is 1.38 bits per heavy atom. The summed E-state index contributed by atoms with van der Waals surface area (Å²) in [4.78, 5) is 0. The van der Waals surface area contributed by atoms with E-state index < -0.39 is 0 Å². The summed E-state index contributed by atoms with van der Waals surface area (Å²) in [5, 5.41) is 12.2. The number of hydrogen-bond donors (Lipinski definition) is 2. The van der Waals surface area contributed by atoms with Crippen LogP contribution in [0.2, 0.25) is 0 Å². The number of phenols is 1. The Kier molecular flexibility index (Phi) is 2.96. The van der Waals surface area contributed by atoms with Crippen molar-refractivity contribution in [3.8, 4) is 17.2 Å². The lowest BCUT2D eigenvalue weighted by atomic mass is 10.3. The van der Waals surface area contributed by atoms with E-state index in [1.807, 2.05) is 31.3 Å². The minimum absolute atomic E-state index is 0.234. The molecule has 0 aliphatic heterocycles. The van der Waals surface area contributed by atoms with Gasteiger partial charge in [0.1, 0.15) is 17.2 Å². The molecule has 0 amide bonds. The lowest BCUT2D eigenvalue weighted by Gasteiger charge is -2.06. The van der Waals surface area contributed by atoms with Gasteiger partial charge in [-0.1, -0.05) is 0 Å². The molecule has 0 aliphatic carbocycles. The maximum absolute atomic E-state index is 9.13. The van der Waals surface area contributed by atoms with Crippen molar-refractivity contribution in [3.63, 3.8) is 0 Å². The second-order valence-electron chi connectivity index (χ2n) is 3.37. The molecule has 16 heavy (non-hydrogen) atoms. The first-order valence-corrected chi connectivity index (χ1v) is 5.02. The van der Waals surface area contributed by atoms with Crippen molar-refractivity contribution < 1.29 is 9.84 Å². The molecule has 0 heterocycles. The predicted molar refractivity (Wildman–Crippen MR) is 64.2 cm³/mol. The van der Waals surface area contributed by atoms with E-state index in [0.29, 0.717) is 5.75 Å². The van der Waals surface area contributed by atoms with Crippen LogP contribution in [0, 0.1) is 0 Å². The Morgan fingerprint density at radius 1 is 0.875 bits per heavy atom. The summed E-state index contributed by atoms with van der Waals surface area (Å²) in [5.74, 6) is 1.71. The fourth-order valence-corrected chi connectivity index (χ4v) is 1.34. The van der Waals surface area contributed by atoms with E-state index in [1.165, 1.54) is 0 Å². The molecule has 2 N–H and O–H groups in total. The number of nitrogens with one attached hydrogen (secondary N) is 1. The lowest BCUT2D eigenvalue weighted by Crippen LogP contribution is -1.88. The number of rotatable bonds is 3. The molecule has 0 aromatic heterocycles. The van der Waals surface area contributed by atoms with Crippen LogP contribution in [0.5, 0.6) is 17.2 Å². The fourth-order valence-electron chi connectivity index (χ4n) is 1.34. The van der Waals surface area contributed by atoms with Crippen molar-refractivity contribution >= 4 is 5.69 Å². The highest BCUT2D eigenvalue weighted by atomic mass is 16.5. The average Bonchev–Trinajstić information content (AvgIpc) is 2.33. The molecule has 0 bridgehead atoms. The summed E-state index contributed by atoms with van der Waals surface area (Å²) < 4.78 is 5.59. The number of anilines is 1. The van der Waals surface area contributed by atoms with Gasteiger partial charge >= 0.3 is 0 Å². The van der Waals surface area contributed by atoms with Crippen LogP contribution in [-0.4, -0.2) is 12.2 Å². The summed E-state index contributed by atoms with van der Waals surface area (Å²) >= 11 is 0. The number of ether oxygens (including phenoxy) is 1. The van der Waals surface area contributed by atoms with Crippen LogP contribution in [0.1, 0.15) is 0 Å². The Labute approximate surface area is 94.3 Å². The van der Waals surface area contributed by atoms with Crippen LogP contribution >= 0.6 is 0 Å². The quantitative estimate of drug-likeness (QED) is 0.825. The number of benzene rings is 2. The summed E-state index contributed by atoms with van der Waals surface area (Å²) in [7, 11) is 1.87. The van der Waals surface area contributed by atoms with Gasteiger partial charge in [-0.3, -0.25) is 0 Å². The largest absolute Gasteiger partial charge is 0.508 e. The third-order valence-electron chi connectivity index (χ3n) is 2.22. The zero-order chi connectivity index (χ0) is 11.4. The van der Waals surface area contributed by atoms with Crippen LogP contribution in [0.4, 0.5) is 5.69 Å². The maximum atomic E-state index is 9.13. The zero-order valence-corrected chi connectivity index (χ0v) is 8.97. The highest BCUT2D eigenvalue weighted by Crippen LogP contribution is 2.24. The normalized spacial score (nSPS) is 9.81. The Bertz CT molecular complexity index is 448. The van der Waals surface area contributed by atoms with Crippen LogP contribution in [0.25, 0.3) is 0 Å². The Morgan fingerprint density at radius 3 is 1.88 bits per heavy atom. The summed E-state index contributed by atoms with van der Waals surface area (Å²) in [6, 6.07) is 14.3. The van der Waals surface area contributed by atoms with Gasteiger partial charge < -0.3 is 15.2 Å². The monoisotopic (exact) mass is 215 g/mol. The molecule has 0 saturated carbocycles. The maximum Gasteiger partial charge on any atom is 0.127 e. The topological polar surface area (TPSA) is 41.5 Å². The van der Waals surface area contributed by atoms with Crippen molar-refractivity contribution in [1.82, 2.24) is 0 Å². The second-order valence-corrected chi connectivity index (χ2v) is 3.37. The molecule has 0 aliphatic rings. The molecule has 82 valence electrons. The highest BCUT2D eigenvalue weighted by molar-refractivity contribution is 5.46. The van der Waals surface area contributed by atoms with E-state index in [1.54, 1.807) is 24.3 Å². The van der Waals surface area contributed by atoms with Gasteiger partial charge in [0.2, 0.25) is 0 Å². The molecule has 2 aromatic carbocycles. The van der Waals surface area contributed by atoms with Crippen molar-refractivity contribution in [2.24, 2.45) is 0 Å². The molecule has 0 atom stereocenters. The van der Waals surface area contributed by atoms with Gasteiger partial charge in [0.25, 0.3) is 0 Å². The minimum Gasteiger partial charge on any atom is -0.508 e. The molecule has 0 radical (unpaired) electrons. The van der Waals surface area contributed by atoms with Crippen molar-refractivity contribution in [1.29, 1.82) is 0 Å². The van der Waals surface area contributed by atoms with Crippen molar-refractivity contribution in [2.45, 2.75) is 0 Å². The number of hydrogen-bond acceptors (Lipinski definition) is 3. The first-order valence-electron chi connectivity index (χ1n) is 5.02. The van der Waals surface area contributed by atoms with Gasteiger partial charge in [-0.15, -0.1) is 0 Å². The predicted octanol–water partition coefficient (Wildman–Crippen LogP) is 3.23. The third kappa shape index (κ3) is 2.45. The molecule has 0 spiro atoms. The summed E-state index contributed by atoms with van der Waals surface area (Å²) in [6.45, 7) is 0. The van der Waals surface area contributed by atoms with Crippen LogP contribution in [-0.2, 0) is 0 Å². The lowest BCUT2D eigenvalue weighted by molar-refractivity contribution is 0.464. The van der Waals surface area contributed by atoms with E-state index in [0.717, 1.165) is 11.4 Å². The van der Waals surface area contributed by atoms with Crippen molar-refractivity contribution in [3.05, 3.63) is 48.5 Å². The van der Waals surface area contributed by atoms with Gasteiger partial charge in [0.15, 0.2) is 0 Å². The molecule has 3 nitrogen and oxygen atoms in total. The standard InChI is InChI=1S/C13H13NO2/c1-14-10-2-6-12(7-3-10)16-13-8-4-11(15)5-9-13/h2-9,14-15H,1H3. The van der Waals surface area contributed by atoms with Gasteiger partial charge in [-0.2, -0.15) is 0 Å². The smallest absolute Gasteiger partial charge is 0.127 e. The molecule has 0 saturated heterocycles. The number of aromatic hydroxyl groups is 1. The van der Waals surface area contributed by atoms with Gasteiger partial charge in [-0.25, -0.2) is 0 Å². The van der Waals surface area contributed by atoms with Crippen LogP contribution in [0.15, 0.2) is 48.5 Å². The third-order valence-corrected chi connectivity index (χ3v) is 2.22. The average molecular weight is 215 g/mol. The minimum atomic E-state index is 0.234. The Balaban J connectivity index is 2.11. The van der Waals surface area contributed by atoms with E-state index in [9.17, 15) is 0 Å². The van der Waals surface area contributed by atoms with E-state index >= 15 is 0 Å². The molecular formula is C13H13NO2. The van der Waals surface area contributed by atoms with E-state index in [2.05, 4.69) is 5.32 Å². The van der Waals surface area contributed by atoms with Crippen LogP contribution < -0.4 is 10.1 Å².